The maximum absolute atomic E-state index is 11.3. The molecule has 10 heteroatoms. The molecule has 0 aliphatic heterocycles. The number of carbonyl (C=O) groups is 1. The van der Waals surface area contributed by atoms with Crippen molar-refractivity contribution >= 4 is 5.78 Å². The molecule has 6 unspecified atom stereocenters. The van der Waals surface area contributed by atoms with Crippen molar-refractivity contribution in [3.63, 3.8) is 0 Å². The standard InChI is InChI=1S/C8H16O10/c9-1-2(10)3(11)4(12)5(13)6(14)7(15)8(16)18-17/h2-4,6-12,14-17H,1H2. The van der Waals surface area contributed by atoms with Gasteiger partial charge in [0.2, 0.25) is 6.29 Å². The van der Waals surface area contributed by atoms with Crippen molar-refractivity contribution in [2.45, 2.75) is 36.8 Å². The van der Waals surface area contributed by atoms with Gasteiger partial charge in [-0.15, -0.1) is 0 Å². The number of carbonyl (C=O) groups excluding carboxylic acids is 1. The van der Waals surface area contributed by atoms with Crippen LogP contribution in [0.1, 0.15) is 0 Å². The van der Waals surface area contributed by atoms with Crippen LogP contribution in [0.4, 0.5) is 0 Å². The minimum atomic E-state index is -2.39. The second-order valence-electron chi connectivity index (χ2n) is 3.52. The average molecular weight is 272 g/mol. The second-order valence-corrected chi connectivity index (χ2v) is 3.52. The van der Waals surface area contributed by atoms with Crippen LogP contribution in [0.2, 0.25) is 0 Å². The van der Waals surface area contributed by atoms with Gasteiger partial charge in [0.25, 0.3) is 0 Å². The molecule has 0 aliphatic rings. The molecule has 8 N–H and O–H groups in total. The summed E-state index contributed by atoms with van der Waals surface area (Å²) in [5, 5.41) is 70.8. The first-order chi connectivity index (χ1) is 8.27. The quantitative estimate of drug-likeness (QED) is 0.121. The van der Waals surface area contributed by atoms with E-state index in [9.17, 15) is 15.0 Å². The van der Waals surface area contributed by atoms with E-state index < -0.39 is 49.2 Å². The van der Waals surface area contributed by atoms with Crippen LogP contribution in [-0.2, 0) is 9.68 Å². The van der Waals surface area contributed by atoms with E-state index in [1.165, 1.54) is 0 Å². The SMILES string of the molecule is O=C(C(O)C(O)C(O)CO)C(O)C(O)C(O)OO. The summed E-state index contributed by atoms with van der Waals surface area (Å²) >= 11 is 0. The summed E-state index contributed by atoms with van der Waals surface area (Å²) in [5.74, 6) is -1.54. The molecule has 18 heavy (non-hydrogen) atoms. The minimum absolute atomic E-state index is 0.952. The Bertz CT molecular complexity index is 234. The topological polar surface area (TPSA) is 188 Å². The largest absolute Gasteiger partial charge is 0.394 e. The Hall–Kier alpha value is -0.690. The van der Waals surface area contributed by atoms with Crippen LogP contribution in [-0.4, -0.2) is 90.2 Å². The van der Waals surface area contributed by atoms with E-state index in [0.717, 1.165) is 0 Å². The molecule has 108 valence electrons. The first kappa shape index (κ1) is 17.3. The van der Waals surface area contributed by atoms with Gasteiger partial charge in [-0.2, -0.15) is 0 Å². The van der Waals surface area contributed by atoms with Crippen molar-refractivity contribution in [3.8, 4) is 0 Å². The molecule has 0 bridgehead atoms. The number of aliphatic hydroxyl groups is 7. The molecule has 0 spiro atoms. The monoisotopic (exact) mass is 272 g/mol. The number of ketones is 1. The Kier molecular flexibility index (Phi) is 7.39. The number of rotatable bonds is 8. The third-order valence-electron chi connectivity index (χ3n) is 2.21. The molecule has 0 fully saturated rings. The van der Waals surface area contributed by atoms with Crippen molar-refractivity contribution in [1.29, 1.82) is 0 Å². The first-order valence-corrected chi connectivity index (χ1v) is 4.81. The van der Waals surface area contributed by atoms with Gasteiger partial charge in [-0.05, 0) is 0 Å². The molecular weight excluding hydrogens is 256 g/mol. The lowest BCUT2D eigenvalue weighted by Gasteiger charge is -2.25. The summed E-state index contributed by atoms with van der Waals surface area (Å²) in [6.07, 6.45) is -13.2. The maximum atomic E-state index is 11.3. The third-order valence-corrected chi connectivity index (χ3v) is 2.21. The van der Waals surface area contributed by atoms with E-state index in [1.807, 2.05) is 0 Å². The predicted octanol–water partition coefficient (Wildman–Crippen LogP) is -4.84. The smallest absolute Gasteiger partial charge is 0.217 e. The van der Waals surface area contributed by atoms with Gasteiger partial charge in [-0.3, -0.25) is 4.79 Å². The Morgan fingerprint density at radius 2 is 1.39 bits per heavy atom. The fraction of sp³-hybridized carbons (Fsp3) is 0.875. The Balaban J connectivity index is 4.63. The highest BCUT2D eigenvalue weighted by molar-refractivity contribution is 5.88. The Morgan fingerprint density at radius 3 is 1.78 bits per heavy atom. The molecule has 0 radical (unpaired) electrons. The van der Waals surface area contributed by atoms with Gasteiger partial charge in [0.15, 0.2) is 5.78 Å². The zero-order valence-electron chi connectivity index (χ0n) is 9.07. The van der Waals surface area contributed by atoms with Crippen molar-refractivity contribution in [1.82, 2.24) is 0 Å². The number of hydrogen-bond donors (Lipinski definition) is 8. The Labute approximate surface area is 101 Å². The molecule has 0 aromatic rings. The third kappa shape index (κ3) is 4.20. The molecule has 0 heterocycles. The lowest BCUT2D eigenvalue weighted by atomic mass is 9.98. The summed E-state index contributed by atoms with van der Waals surface area (Å²) in [5.41, 5.74) is 0. The molecular formula is C8H16O10. The van der Waals surface area contributed by atoms with Crippen LogP contribution in [0.15, 0.2) is 0 Å². The lowest BCUT2D eigenvalue weighted by Crippen LogP contribution is -2.52. The summed E-state index contributed by atoms with van der Waals surface area (Å²) in [6, 6.07) is 0. The molecule has 6 atom stereocenters. The fourth-order valence-corrected chi connectivity index (χ4v) is 1.05. The van der Waals surface area contributed by atoms with E-state index in [1.54, 1.807) is 0 Å². The molecule has 0 saturated heterocycles. The summed E-state index contributed by atoms with van der Waals surface area (Å²) in [6.45, 7) is -0.952. The first-order valence-electron chi connectivity index (χ1n) is 4.81. The molecule has 0 aromatic heterocycles. The summed E-state index contributed by atoms with van der Waals surface area (Å²) < 4.78 is 0. The highest BCUT2D eigenvalue weighted by atomic mass is 17.1. The van der Waals surface area contributed by atoms with Gasteiger partial charge < -0.3 is 35.7 Å². The zero-order valence-corrected chi connectivity index (χ0v) is 9.07. The van der Waals surface area contributed by atoms with Crippen molar-refractivity contribution in [2.75, 3.05) is 6.61 Å². The highest BCUT2D eigenvalue weighted by Gasteiger charge is 2.39. The second kappa shape index (κ2) is 7.68. The summed E-state index contributed by atoms with van der Waals surface area (Å²) in [4.78, 5) is 14.6. The van der Waals surface area contributed by atoms with E-state index in [4.69, 9.17) is 30.8 Å². The van der Waals surface area contributed by atoms with Crippen LogP contribution in [0.3, 0.4) is 0 Å². The number of hydrogen-bond acceptors (Lipinski definition) is 10. The van der Waals surface area contributed by atoms with Gasteiger partial charge in [0.05, 0.1) is 6.61 Å². The summed E-state index contributed by atoms with van der Waals surface area (Å²) in [7, 11) is 0. The number of Topliss-reactive ketones (excluding diaryl/α,β-unsaturated/α-hetero) is 1. The van der Waals surface area contributed by atoms with E-state index in [0.29, 0.717) is 0 Å². The highest BCUT2D eigenvalue weighted by Crippen LogP contribution is 2.09. The van der Waals surface area contributed by atoms with Gasteiger partial charge in [0, 0.05) is 0 Å². The molecule has 0 aromatic carbocycles. The van der Waals surface area contributed by atoms with E-state index in [-0.39, 0.29) is 0 Å². The average Bonchev–Trinajstić information content (AvgIpc) is 2.40. The van der Waals surface area contributed by atoms with Gasteiger partial charge in [-0.1, -0.05) is 0 Å². The van der Waals surface area contributed by atoms with Gasteiger partial charge in [0.1, 0.15) is 30.5 Å². The van der Waals surface area contributed by atoms with Crippen LogP contribution in [0, 0.1) is 0 Å². The van der Waals surface area contributed by atoms with Gasteiger partial charge in [-0.25, -0.2) is 10.1 Å². The fourth-order valence-electron chi connectivity index (χ4n) is 1.05. The minimum Gasteiger partial charge on any atom is -0.394 e. The normalized spacial score (nSPS) is 21.8. The predicted molar refractivity (Wildman–Crippen MR) is 51.8 cm³/mol. The molecule has 0 saturated carbocycles. The lowest BCUT2D eigenvalue weighted by molar-refractivity contribution is -0.359. The van der Waals surface area contributed by atoms with Crippen LogP contribution < -0.4 is 0 Å². The van der Waals surface area contributed by atoms with Crippen LogP contribution >= 0.6 is 0 Å². The Morgan fingerprint density at radius 1 is 0.944 bits per heavy atom. The van der Waals surface area contributed by atoms with Crippen molar-refractivity contribution < 1.29 is 50.7 Å². The number of aliphatic hydroxyl groups excluding tert-OH is 7. The molecule has 0 aliphatic carbocycles. The van der Waals surface area contributed by atoms with Crippen molar-refractivity contribution in [3.05, 3.63) is 0 Å². The van der Waals surface area contributed by atoms with Gasteiger partial charge >= 0.3 is 0 Å². The van der Waals surface area contributed by atoms with E-state index >= 15 is 0 Å². The maximum Gasteiger partial charge on any atom is 0.217 e. The van der Waals surface area contributed by atoms with E-state index in [2.05, 4.69) is 4.89 Å². The molecule has 0 amide bonds. The molecule has 0 rings (SSSR count). The zero-order chi connectivity index (χ0) is 14.5. The molecule has 10 nitrogen and oxygen atoms in total. The van der Waals surface area contributed by atoms with Crippen LogP contribution in [0.5, 0.6) is 0 Å². The van der Waals surface area contributed by atoms with Crippen LogP contribution in [0.25, 0.3) is 0 Å². The van der Waals surface area contributed by atoms with Crippen molar-refractivity contribution in [2.24, 2.45) is 0 Å².